The Labute approximate surface area is 126 Å². The van der Waals surface area contributed by atoms with Crippen molar-refractivity contribution in [2.45, 2.75) is 6.42 Å². The molecule has 2 aromatic rings. The van der Waals surface area contributed by atoms with Crippen LogP contribution in [0.1, 0.15) is 16.7 Å². The monoisotopic (exact) mass is 303 g/mol. The molecule has 0 aliphatic heterocycles. The molecule has 0 saturated heterocycles. The number of hydrogen-bond donors (Lipinski definition) is 2. The maximum Gasteiger partial charge on any atom is 0.378 e. The largest absolute Gasteiger partial charge is 0.507 e. The van der Waals surface area contributed by atoms with Gasteiger partial charge in [0.2, 0.25) is 0 Å². The summed E-state index contributed by atoms with van der Waals surface area (Å²) in [5.74, 6) is -2.67. The van der Waals surface area contributed by atoms with Crippen LogP contribution in [0.5, 0.6) is 0 Å². The Morgan fingerprint density at radius 2 is 1.95 bits per heavy atom. The smallest absolute Gasteiger partial charge is 0.378 e. The van der Waals surface area contributed by atoms with Gasteiger partial charge in [0.05, 0.1) is 7.11 Å². The molecule has 0 aliphatic carbocycles. The Bertz CT molecular complexity index is 716. The number of aliphatic hydroxyl groups is 1. The zero-order chi connectivity index (χ0) is 16.1. The number of carbonyl (C=O) groups is 2. The number of H-pyrrole nitrogens is 1. The van der Waals surface area contributed by atoms with Gasteiger partial charge in [-0.25, -0.2) is 9.18 Å². The average molecular weight is 303 g/mol. The number of halogens is 1. The number of ether oxygens (including phenoxy) is 1. The number of ketones is 1. The van der Waals surface area contributed by atoms with Crippen LogP contribution in [0.25, 0.3) is 5.76 Å². The summed E-state index contributed by atoms with van der Waals surface area (Å²) in [6.07, 6.45) is 4.41. The van der Waals surface area contributed by atoms with Gasteiger partial charge >= 0.3 is 5.97 Å². The van der Waals surface area contributed by atoms with E-state index in [4.69, 9.17) is 0 Å². The number of hydrogen-bond acceptors (Lipinski definition) is 4. The van der Waals surface area contributed by atoms with Gasteiger partial charge in [0, 0.05) is 24.0 Å². The lowest BCUT2D eigenvalue weighted by atomic mass is 10.0. The third-order valence-corrected chi connectivity index (χ3v) is 3.07. The maximum absolute atomic E-state index is 12.9. The standard InChI is InChI=1S/C16H14FNO4/c1-22-16(21)15(20)7-14(19)13-9-18-8-11(13)6-10-2-4-12(17)5-3-10/h2-5,7-9,18-19H,6H2,1H3. The first-order valence-corrected chi connectivity index (χ1v) is 6.44. The van der Waals surface area contributed by atoms with Gasteiger partial charge in [-0.2, -0.15) is 0 Å². The van der Waals surface area contributed by atoms with Crippen LogP contribution >= 0.6 is 0 Å². The van der Waals surface area contributed by atoms with E-state index < -0.39 is 11.8 Å². The van der Waals surface area contributed by atoms with E-state index in [-0.39, 0.29) is 11.6 Å². The van der Waals surface area contributed by atoms with E-state index in [0.29, 0.717) is 17.5 Å². The van der Waals surface area contributed by atoms with Crippen LogP contribution in [0.2, 0.25) is 0 Å². The predicted molar refractivity (Wildman–Crippen MR) is 77.6 cm³/mol. The lowest BCUT2D eigenvalue weighted by Crippen LogP contribution is -2.13. The molecule has 0 unspecified atom stereocenters. The maximum atomic E-state index is 12.9. The average Bonchev–Trinajstić information content (AvgIpc) is 2.96. The molecule has 6 heteroatoms. The van der Waals surface area contributed by atoms with Gasteiger partial charge in [0.25, 0.3) is 5.78 Å². The van der Waals surface area contributed by atoms with E-state index in [2.05, 4.69) is 9.72 Å². The second-order valence-corrected chi connectivity index (χ2v) is 4.58. The second kappa shape index (κ2) is 6.71. The van der Waals surface area contributed by atoms with Gasteiger partial charge < -0.3 is 14.8 Å². The number of rotatable bonds is 5. The van der Waals surface area contributed by atoms with Crippen molar-refractivity contribution < 1.29 is 23.8 Å². The van der Waals surface area contributed by atoms with Crippen molar-refractivity contribution in [3.05, 3.63) is 65.2 Å². The van der Waals surface area contributed by atoms with Crippen molar-refractivity contribution in [3.8, 4) is 0 Å². The van der Waals surface area contributed by atoms with E-state index in [0.717, 1.165) is 18.7 Å². The molecule has 22 heavy (non-hydrogen) atoms. The lowest BCUT2D eigenvalue weighted by molar-refractivity contribution is -0.149. The third kappa shape index (κ3) is 3.60. The van der Waals surface area contributed by atoms with Crippen LogP contribution in [0, 0.1) is 5.82 Å². The molecule has 1 aromatic heterocycles. The summed E-state index contributed by atoms with van der Waals surface area (Å²) < 4.78 is 17.2. The molecule has 0 spiro atoms. The number of aromatic amines is 1. The van der Waals surface area contributed by atoms with Crippen LogP contribution < -0.4 is 0 Å². The summed E-state index contributed by atoms with van der Waals surface area (Å²) in [5, 5.41) is 9.98. The number of esters is 1. The van der Waals surface area contributed by atoms with Crippen molar-refractivity contribution in [1.82, 2.24) is 4.98 Å². The number of benzene rings is 1. The predicted octanol–water partition coefficient (Wildman–Crippen LogP) is 2.39. The van der Waals surface area contributed by atoms with Crippen molar-refractivity contribution in [2.24, 2.45) is 0 Å². The van der Waals surface area contributed by atoms with Crippen LogP contribution in [-0.2, 0) is 20.7 Å². The molecule has 114 valence electrons. The third-order valence-electron chi connectivity index (χ3n) is 3.07. The molecule has 1 heterocycles. The molecule has 0 bridgehead atoms. The van der Waals surface area contributed by atoms with Crippen LogP contribution in [0.15, 0.2) is 42.7 Å². The van der Waals surface area contributed by atoms with E-state index in [1.807, 2.05) is 0 Å². The minimum atomic E-state index is -1.05. The van der Waals surface area contributed by atoms with Crippen LogP contribution in [-0.4, -0.2) is 29.0 Å². The topological polar surface area (TPSA) is 79.4 Å². The Balaban J connectivity index is 2.22. The molecule has 5 nitrogen and oxygen atoms in total. The second-order valence-electron chi connectivity index (χ2n) is 4.58. The van der Waals surface area contributed by atoms with Crippen molar-refractivity contribution >= 4 is 17.5 Å². The fourth-order valence-electron chi connectivity index (χ4n) is 1.96. The molecular formula is C16H14FNO4. The van der Waals surface area contributed by atoms with Crippen molar-refractivity contribution in [1.29, 1.82) is 0 Å². The highest BCUT2D eigenvalue weighted by atomic mass is 19.1. The number of aromatic nitrogens is 1. The highest BCUT2D eigenvalue weighted by Gasteiger charge is 2.15. The summed E-state index contributed by atoms with van der Waals surface area (Å²) in [6, 6.07) is 5.95. The van der Waals surface area contributed by atoms with Crippen molar-refractivity contribution in [3.63, 3.8) is 0 Å². The Kier molecular flexibility index (Phi) is 4.73. The normalized spacial score (nSPS) is 11.3. The van der Waals surface area contributed by atoms with Gasteiger partial charge in [-0.15, -0.1) is 0 Å². The van der Waals surface area contributed by atoms with E-state index >= 15 is 0 Å². The molecule has 0 atom stereocenters. The SMILES string of the molecule is COC(=O)C(=O)C=C(O)c1c[nH]cc1Cc1ccc(F)cc1. The minimum absolute atomic E-state index is 0.329. The molecular weight excluding hydrogens is 289 g/mol. The van der Waals surface area contributed by atoms with E-state index in [9.17, 15) is 19.1 Å². The van der Waals surface area contributed by atoms with Gasteiger partial charge in [-0.3, -0.25) is 4.79 Å². The molecule has 0 aliphatic rings. The van der Waals surface area contributed by atoms with Gasteiger partial charge in [0.1, 0.15) is 11.6 Å². The fourth-order valence-corrected chi connectivity index (χ4v) is 1.96. The molecule has 2 N–H and O–H groups in total. The van der Waals surface area contributed by atoms with Crippen LogP contribution in [0.3, 0.4) is 0 Å². The highest BCUT2D eigenvalue weighted by Crippen LogP contribution is 2.20. The highest BCUT2D eigenvalue weighted by molar-refractivity contribution is 6.39. The quantitative estimate of drug-likeness (QED) is 0.385. The first-order valence-electron chi connectivity index (χ1n) is 6.44. The summed E-state index contributed by atoms with van der Waals surface area (Å²) in [6.45, 7) is 0. The zero-order valence-corrected chi connectivity index (χ0v) is 11.8. The molecule has 2 rings (SSSR count). The molecule has 0 fully saturated rings. The number of carbonyl (C=O) groups excluding carboxylic acids is 2. The minimum Gasteiger partial charge on any atom is -0.507 e. The summed E-state index contributed by atoms with van der Waals surface area (Å²) in [7, 11) is 1.08. The van der Waals surface area contributed by atoms with Crippen LogP contribution in [0.4, 0.5) is 4.39 Å². The number of nitrogens with one attached hydrogen (secondary N) is 1. The lowest BCUT2D eigenvalue weighted by Gasteiger charge is -2.04. The zero-order valence-electron chi connectivity index (χ0n) is 11.8. The van der Waals surface area contributed by atoms with E-state index in [1.165, 1.54) is 18.3 Å². The first kappa shape index (κ1) is 15.5. The van der Waals surface area contributed by atoms with Crippen molar-refractivity contribution in [2.75, 3.05) is 7.11 Å². The molecule has 0 amide bonds. The number of methoxy groups -OCH3 is 1. The summed E-state index contributed by atoms with van der Waals surface area (Å²) in [5.41, 5.74) is 1.94. The Hall–Kier alpha value is -2.89. The Morgan fingerprint density at radius 3 is 2.59 bits per heavy atom. The first-order chi connectivity index (χ1) is 10.5. The van der Waals surface area contributed by atoms with E-state index in [1.54, 1.807) is 18.3 Å². The molecule has 0 radical (unpaired) electrons. The van der Waals surface area contributed by atoms with Gasteiger partial charge in [0.15, 0.2) is 0 Å². The number of aliphatic hydroxyl groups excluding tert-OH is 1. The van der Waals surface area contributed by atoms with Gasteiger partial charge in [-0.1, -0.05) is 12.1 Å². The molecule has 1 aromatic carbocycles. The fraction of sp³-hybridized carbons (Fsp3) is 0.125. The molecule has 0 saturated carbocycles. The summed E-state index contributed by atoms with van der Waals surface area (Å²) >= 11 is 0. The Morgan fingerprint density at radius 1 is 1.27 bits per heavy atom. The van der Waals surface area contributed by atoms with Gasteiger partial charge in [-0.05, 0) is 29.7 Å². The summed E-state index contributed by atoms with van der Waals surface area (Å²) in [4.78, 5) is 25.3.